The van der Waals surface area contributed by atoms with E-state index in [1.807, 2.05) is 31.2 Å². The fourth-order valence-electron chi connectivity index (χ4n) is 3.63. The SMILES string of the molecule is Cc1ccc2cc(Nc3nc(NC4CC[C@@H](C(=O)O)C4)ncc3[N+](=O)[O-])ccc2n1. The van der Waals surface area contributed by atoms with Crippen molar-refractivity contribution < 1.29 is 14.8 Å². The Balaban J connectivity index is 1.58. The first-order chi connectivity index (χ1) is 14.4. The van der Waals surface area contributed by atoms with Crippen molar-refractivity contribution in [2.45, 2.75) is 32.2 Å². The van der Waals surface area contributed by atoms with Gasteiger partial charge >= 0.3 is 11.7 Å². The molecule has 0 spiro atoms. The summed E-state index contributed by atoms with van der Waals surface area (Å²) in [5.41, 5.74) is 2.11. The number of aryl methyl sites for hydroxylation is 1. The van der Waals surface area contributed by atoms with Gasteiger partial charge in [0.05, 0.1) is 16.4 Å². The zero-order chi connectivity index (χ0) is 21.3. The molecule has 0 radical (unpaired) electrons. The summed E-state index contributed by atoms with van der Waals surface area (Å²) in [6.45, 7) is 1.91. The number of benzene rings is 1. The normalized spacial score (nSPS) is 18.3. The molecule has 0 aliphatic heterocycles. The van der Waals surface area contributed by atoms with E-state index in [2.05, 4.69) is 25.6 Å². The van der Waals surface area contributed by atoms with Crippen LogP contribution >= 0.6 is 0 Å². The van der Waals surface area contributed by atoms with Gasteiger partial charge in [0.2, 0.25) is 11.8 Å². The number of carboxylic acid groups (broad SMARTS) is 1. The molecule has 0 amide bonds. The Bertz CT molecular complexity index is 1140. The Morgan fingerprint density at radius 1 is 1.23 bits per heavy atom. The molecular weight excluding hydrogens is 388 g/mol. The molecule has 1 unspecified atom stereocenters. The van der Waals surface area contributed by atoms with Gasteiger partial charge in [-0.25, -0.2) is 4.98 Å². The smallest absolute Gasteiger partial charge is 0.329 e. The number of carbonyl (C=O) groups is 1. The predicted octanol–water partition coefficient (Wildman–Crippen LogP) is 3.65. The number of carboxylic acids is 1. The molecule has 1 aliphatic carbocycles. The summed E-state index contributed by atoms with van der Waals surface area (Å²) in [5.74, 6) is -0.929. The van der Waals surface area contributed by atoms with E-state index in [-0.39, 0.29) is 23.5 Å². The molecule has 4 rings (SSSR count). The van der Waals surface area contributed by atoms with Crippen LogP contribution in [0, 0.1) is 23.0 Å². The van der Waals surface area contributed by atoms with Crippen molar-refractivity contribution in [2.24, 2.45) is 5.92 Å². The van der Waals surface area contributed by atoms with Gasteiger partial charge < -0.3 is 15.7 Å². The van der Waals surface area contributed by atoms with E-state index >= 15 is 0 Å². The van der Waals surface area contributed by atoms with Gasteiger partial charge in [-0.2, -0.15) is 4.98 Å². The molecule has 10 heteroatoms. The lowest BCUT2D eigenvalue weighted by molar-refractivity contribution is -0.384. The maximum atomic E-state index is 11.4. The Morgan fingerprint density at radius 3 is 2.80 bits per heavy atom. The van der Waals surface area contributed by atoms with E-state index in [1.165, 1.54) is 0 Å². The molecule has 1 aromatic carbocycles. The number of pyridine rings is 1. The number of nitro groups is 1. The highest BCUT2D eigenvalue weighted by atomic mass is 16.6. The van der Waals surface area contributed by atoms with Crippen LogP contribution in [-0.4, -0.2) is 37.0 Å². The van der Waals surface area contributed by atoms with E-state index in [9.17, 15) is 14.9 Å². The van der Waals surface area contributed by atoms with Crippen molar-refractivity contribution >= 4 is 40.0 Å². The van der Waals surface area contributed by atoms with Gasteiger partial charge in [-0.05, 0) is 50.5 Å². The largest absolute Gasteiger partial charge is 0.481 e. The molecular formula is C20H20N6O4. The summed E-state index contributed by atoms with van der Waals surface area (Å²) in [5, 5.41) is 27.6. The lowest BCUT2D eigenvalue weighted by atomic mass is 10.1. The van der Waals surface area contributed by atoms with Gasteiger partial charge in [-0.1, -0.05) is 6.07 Å². The van der Waals surface area contributed by atoms with Crippen LogP contribution < -0.4 is 10.6 Å². The van der Waals surface area contributed by atoms with Crippen LogP contribution in [0.4, 0.5) is 23.1 Å². The van der Waals surface area contributed by atoms with Crippen molar-refractivity contribution in [3.8, 4) is 0 Å². The molecule has 2 heterocycles. The quantitative estimate of drug-likeness (QED) is 0.411. The van der Waals surface area contributed by atoms with E-state index in [4.69, 9.17) is 5.11 Å². The summed E-state index contributed by atoms with van der Waals surface area (Å²) < 4.78 is 0. The maximum Gasteiger partial charge on any atom is 0.329 e. The topological polar surface area (TPSA) is 143 Å². The summed E-state index contributed by atoms with van der Waals surface area (Å²) in [7, 11) is 0. The minimum absolute atomic E-state index is 0.0599. The fourth-order valence-corrected chi connectivity index (χ4v) is 3.63. The van der Waals surface area contributed by atoms with Gasteiger partial charge in [-0.15, -0.1) is 0 Å². The summed E-state index contributed by atoms with van der Waals surface area (Å²) in [4.78, 5) is 34.8. The Morgan fingerprint density at radius 2 is 2.07 bits per heavy atom. The highest BCUT2D eigenvalue weighted by Gasteiger charge is 2.30. The summed E-state index contributed by atoms with van der Waals surface area (Å²) >= 11 is 0. The Labute approximate surface area is 171 Å². The Kier molecular flexibility index (Phi) is 5.13. The molecule has 0 saturated heterocycles. The molecule has 1 fully saturated rings. The fraction of sp³-hybridized carbons (Fsp3) is 0.300. The first-order valence-electron chi connectivity index (χ1n) is 9.54. The number of anilines is 3. The molecule has 1 saturated carbocycles. The average molecular weight is 408 g/mol. The number of rotatable bonds is 6. The first-order valence-corrected chi connectivity index (χ1v) is 9.54. The number of aromatic nitrogens is 3. The second-order valence-corrected chi connectivity index (χ2v) is 7.36. The van der Waals surface area contributed by atoms with Crippen LogP contribution in [0.1, 0.15) is 25.0 Å². The number of nitrogens with one attached hydrogen (secondary N) is 2. The third-order valence-electron chi connectivity index (χ3n) is 5.17. The number of hydrogen-bond acceptors (Lipinski definition) is 8. The van der Waals surface area contributed by atoms with Crippen LogP contribution in [0.3, 0.4) is 0 Å². The van der Waals surface area contributed by atoms with Crippen molar-refractivity contribution in [3.63, 3.8) is 0 Å². The highest BCUT2D eigenvalue weighted by molar-refractivity contribution is 5.84. The van der Waals surface area contributed by atoms with E-state index < -0.39 is 16.8 Å². The van der Waals surface area contributed by atoms with Crippen molar-refractivity contribution in [2.75, 3.05) is 10.6 Å². The first kappa shape index (κ1) is 19.5. The van der Waals surface area contributed by atoms with E-state index in [0.717, 1.165) is 22.8 Å². The molecule has 2 atom stereocenters. The molecule has 0 bridgehead atoms. The van der Waals surface area contributed by atoms with Crippen LogP contribution in [0.15, 0.2) is 36.5 Å². The van der Waals surface area contributed by atoms with Crippen molar-refractivity contribution in [1.82, 2.24) is 15.0 Å². The monoisotopic (exact) mass is 408 g/mol. The lowest BCUT2D eigenvalue weighted by Crippen LogP contribution is -2.19. The molecule has 3 aromatic rings. The average Bonchev–Trinajstić information content (AvgIpc) is 3.17. The molecule has 30 heavy (non-hydrogen) atoms. The lowest BCUT2D eigenvalue weighted by Gasteiger charge is -2.13. The standard InChI is InChI=1S/C20H20N6O4/c1-11-2-3-12-8-14(6-7-16(12)22-11)23-18-17(26(29)30)10-21-20(25-18)24-15-5-4-13(9-15)19(27)28/h2-3,6-8,10,13,15H,4-5,9H2,1H3,(H,27,28)(H2,21,23,24,25)/t13-,15?/m1/s1. The molecule has 10 nitrogen and oxygen atoms in total. The van der Waals surface area contributed by atoms with Crippen LogP contribution in [0.2, 0.25) is 0 Å². The third-order valence-corrected chi connectivity index (χ3v) is 5.17. The van der Waals surface area contributed by atoms with Crippen molar-refractivity contribution in [1.29, 1.82) is 0 Å². The minimum Gasteiger partial charge on any atom is -0.481 e. The number of nitrogens with zero attached hydrogens (tertiary/aromatic N) is 4. The van der Waals surface area contributed by atoms with E-state index in [0.29, 0.717) is 24.9 Å². The predicted molar refractivity (Wildman–Crippen MR) is 111 cm³/mol. The van der Waals surface area contributed by atoms with Gasteiger partial charge in [0, 0.05) is 22.8 Å². The summed E-state index contributed by atoms with van der Waals surface area (Å²) in [6.07, 6.45) is 2.87. The maximum absolute atomic E-state index is 11.4. The minimum atomic E-state index is -0.813. The molecule has 154 valence electrons. The Hall–Kier alpha value is -3.82. The number of hydrogen-bond donors (Lipinski definition) is 3. The van der Waals surface area contributed by atoms with Crippen molar-refractivity contribution in [3.05, 3.63) is 52.3 Å². The third kappa shape index (κ3) is 4.12. The molecule has 1 aliphatic rings. The molecule has 2 aromatic heterocycles. The zero-order valence-electron chi connectivity index (χ0n) is 16.2. The molecule has 3 N–H and O–H groups in total. The zero-order valence-corrected chi connectivity index (χ0v) is 16.2. The number of fused-ring (bicyclic) bond motifs is 1. The van der Waals surface area contributed by atoms with Gasteiger partial charge in [0.25, 0.3) is 0 Å². The van der Waals surface area contributed by atoms with Gasteiger partial charge in [-0.3, -0.25) is 19.9 Å². The summed E-state index contributed by atoms with van der Waals surface area (Å²) in [6, 6.07) is 9.20. The second-order valence-electron chi connectivity index (χ2n) is 7.36. The van der Waals surface area contributed by atoms with E-state index in [1.54, 1.807) is 6.07 Å². The van der Waals surface area contributed by atoms with Crippen LogP contribution in [-0.2, 0) is 4.79 Å². The van der Waals surface area contributed by atoms with Gasteiger partial charge in [0.1, 0.15) is 6.20 Å². The van der Waals surface area contributed by atoms with Crippen LogP contribution in [0.25, 0.3) is 10.9 Å². The number of aliphatic carboxylic acids is 1. The van der Waals surface area contributed by atoms with Gasteiger partial charge in [0.15, 0.2) is 0 Å². The second kappa shape index (κ2) is 7.90. The highest BCUT2D eigenvalue weighted by Crippen LogP contribution is 2.30. The van der Waals surface area contributed by atoms with Crippen LogP contribution in [0.5, 0.6) is 0 Å².